The lowest BCUT2D eigenvalue weighted by atomic mass is 9.71. The van der Waals surface area contributed by atoms with Gasteiger partial charge in [-0.3, -0.25) is 0 Å². The molecule has 1 N–H and O–H groups in total. The molecule has 1 aliphatic rings. The predicted octanol–water partition coefficient (Wildman–Crippen LogP) is 7.33. The Labute approximate surface area is 269 Å². The van der Waals surface area contributed by atoms with Gasteiger partial charge in [0.1, 0.15) is 5.76 Å². The predicted molar refractivity (Wildman–Crippen MR) is 178 cm³/mol. The molecule has 1 unspecified atom stereocenters. The van der Waals surface area contributed by atoms with Crippen LogP contribution in [0.25, 0.3) is 10.9 Å². The third kappa shape index (κ3) is 6.30. The number of esters is 1. The van der Waals surface area contributed by atoms with Crippen LogP contribution < -0.4 is 0 Å². The van der Waals surface area contributed by atoms with Crippen LogP contribution in [0.5, 0.6) is 0 Å². The van der Waals surface area contributed by atoms with Crippen LogP contribution >= 0.6 is 0 Å². The van der Waals surface area contributed by atoms with Crippen molar-refractivity contribution in [1.82, 2.24) is 9.97 Å². The molecule has 4 aromatic carbocycles. The maximum absolute atomic E-state index is 13.9. The van der Waals surface area contributed by atoms with Gasteiger partial charge in [0.15, 0.2) is 5.60 Å². The zero-order chi connectivity index (χ0) is 32.5. The van der Waals surface area contributed by atoms with Crippen LogP contribution in [0, 0.1) is 5.41 Å². The number of aliphatic hydroxyl groups is 1. The summed E-state index contributed by atoms with van der Waals surface area (Å²) in [5.41, 5.74) is 1.97. The lowest BCUT2D eigenvalue weighted by Crippen LogP contribution is -2.37. The summed E-state index contributed by atoms with van der Waals surface area (Å²) in [5.74, 6) is -1.58. The minimum atomic E-state index is -3.89. The molecule has 6 rings (SSSR count). The summed E-state index contributed by atoms with van der Waals surface area (Å²) in [5, 5.41) is 12.6. The second kappa shape index (κ2) is 12.2. The van der Waals surface area contributed by atoms with Crippen LogP contribution in [0.15, 0.2) is 132 Å². The molecule has 8 heteroatoms. The van der Waals surface area contributed by atoms with E-state index in [1.165, 1.54) is 6.20 Å². The summed E-state index contributed by atoms with van der Waals surface area (Å²) >= 11 is 0. The van der Waals surface area contributed by atoms with Gasteiger partial charge in [-0.1, -0.05) is 124 Å². The van der Waals surface area contributed by atoms with Gasteiger partial charge in [0.25, 0.3) is 0 Å². The summed E-state index contributed by atoms with van der Waals surface area (Å²) in [7, 11) is -3.89. The van der Waals surface area contributed by atoms with Gasteiger partial charge >= 0.3 is 5.97 Å². The number of para-hydroxylation sites is 1. The van der Waals surface area contributed by atoms with Gasteiger partial charge in [0, 0.05) is 30.3 Å². The number of hydrogen-bond acceptors (Lipinski definition) is 7. The number of rotatable bonds is 9. The van der Waals surface area contributed by atoms with E-state index in [0.29, 0.717) is 29.5 Å². The van der Waals surface area contributed by atoms with Crippen molar-refractivity contribution in [3.63, 3.8) is 0 Å². The van der Waals surface area contributed by atoms with Gasteiger partial charge in [-0.15, -0.1) is 0 Å². The first-order valence-electron chi connectivity index (χ1n) is 15.2. The normalized spacial score (nSPS) is 15.6. The molecule has 1 aliphatic heterocycles. The van der Waals surface area contributed by atoms with Crippen LogP contribution in [-0.2, 0) is 38.0 Å². The van der Waals surface area contributed by atoms with E-state index in [4.69, 9.17) is 4.74 Å². The van der Waals surface area contributed by atoms with Crippen molar-refractivity contribution in [2.24, 2.45) is 5.41 Å². The molecule has 234 valence electrons. The number of nitrogens with zero attached hydrogens (tertiary/aromatic N) is 2. The average Bonchev–Trinajstić information content (AvgIpc) is 3.25. The number of aliphatic hydroxyl groups excluding tert-OH is 1. The number of ether oxygens (including phenoxy) is 1. The standard InChI is InChI=1S/C38H36N2O5S/c1-37(2,3)33(29-19-12-17-28(21-29)25-46(43,44)36-39-24-30-18-10-11-20-31(30)40-36)32-34(41)38(45-35(32)42,22-26-13-6-4-7-14-26)23-27-15-8-5-9-16-27/h4-21,24,33,41H,22-23,25H2,1-3H3. The third-order valence-corrected chi connectivity index (χ3v) is 9.87. The minimum absolute atomic E-state index is 0.0901. The Balaban J connectivity index is 1.40. The molecule has 0 spiro atoms. The number of carbonyl (C=O) groups excluding carboxylic acids is 1. The highest BCUT2D eigenvalue weighted by Gasteiger charge is 2.52. The van der Waals surface area contributed by atoms with Crippen LogP contribution in [0.3, 0.4) is 0 Å². The topological polar surface area (TPSA) is 106 Å². The van der Waals surface area contributed by atoms with Crippen LogP contribution in [0.1, 0.15) is 48.9 Å². The summed E-state index contributed by atoms with van der Waals surface area (Å²) in [4.78, 5) is 22.3. The van der Waals surface area contributed by atoms with E-state index in [0.717, 1.165) is 16.5 Å². The molecule has 0 radical (unpaired) electrons. The Bertz CT molecular complexity index is 1990. The van der Waals surface area contributed by atoms with E-state index >= 15 is 0 Å². The second-order valence-electron chi connectivity index (χ2n) is 13.0. The van der Waals surface area contributed by atoms with Gasteiger partial charge in [-0.05, 0) is 33.7 Å². The Morgan fingerprint density at radius 2 is 1.39 bits per heavy atom. The molecular weight excluding hydrogens is 596 g/mol. The fraction of sp³-hybridized carbons (Fsp3) is 0.237. The molecule has 0 bridgehead atoms. The van der Waals surface area contributed by atoms with Crippen LogP contribution in [0.4, 0.5) is 0 Å². The van der Waals surface area contributed by atoms with E-state index in [1.807, 2.05) is 99.6 Å². The van der Waals surface area contributed by atoms with E-state index in [1.54, 1.807) is 30.3 Å². The van der Waals surface area contributed by atoms with Crippen molar-refractivity contribution in [2.45, 2.75) is 56.0 Å². The number of fused-ring (bicyclic) bond motifs is 1. The fourth-order valence-electron chi connectivity index (χ4n) is 6.38. The van der Waals surface area contributed by atoms with Crippen molar-refractivity contribution in [1.29, 1.82) is 0 Å². The zero-order valence-corrected chi connectivity index (χ0v) is 26.9. The molecule has 0 saturated heterocycles. The highest BCUT2D eigenvalue weighted by molar-refractivity contribution is 7.90. The molecule has 0 fully saturated rings. The Hall–Kier alpha value is -4.82. The maximum Gasteiger partial charge on any atom is 0.339 e. The number of cyclic esters (lactones) is 1. The van der Waals surface area contributed by atoms with Gasteiger partial charge in [0.2, 0.25) is 15.0 Å². The van der Waals surface area contributed by atoms with Crippen molar-refractivity contribution in [3.8, 4) is 0 Å². The molecule has 5 aromatic rings. The Morgan fingerprint density at radius 1 is 0.804 bits per heavy atom. The van der Waals surface area contributed by atoms with Crippen molar-refractivity contribution >= 4 is 26.7 Å². The van der Waals surface area contributed by atoms with E-state index in [2.05, 4.69) is 9.97 Å². The average molecular weight is 633 g/mol. The molecule has 46 heavy (non-hydrogen) atoms. The highest BCUT2D eigenvalue weighted by Crippen LogP contribution is 2.49. The fourth-order valence-corrected chi connectivity index (χ4v) is 7.58. The number of carbonyl (C=O) groups is 1. The summed E-state index contributed by atoms with van der Waals surface area (Å²) in [6.07, 6.45) is 2.11. The molecule has 1 aromatic heterocycles. The summed E-state index contributed by atoms with van der Waals surface area (Å²) in [6, 6.07) is 33.7. The van der Waals surface area contributed by atoms with Gasteiger partial charge in [-0.2, -0.15) is 0 Å². The van der Waals surface area contributed by atoms with Crippen LogP contribution in [-0.4, -0.2) is 35.1 Å². The second-order valence-corrected chi connectivity index (χ2v) is 14.9. The lowest BCUT2D eigenvalue weighted by molar-refractivity contribution is -0.148. The van der Waals surface area contributed by atoms with Crippen molar-refractivity contribution in [2.75, 3.05) is 0 Å². The summed E-state index contributed by atoms with van der Waals surface area (Å²) < 4.78 is 33.1. The number of benzene rings is 4. The van der Waals surface area contributed by atoms with E-state index in [-0.39, 0.29) is 22.2 Å². The molecule has 7 nitrogen and oxygen atoms in total. The SMILES string of the molecule is CC(C)(C)C(C1=C(O)C(Cc2ccccc2)(Cc2ccccc2)OC1=O)c1cccc(CS(=O)(=O)c2ncc3ccccc3n2)c1. The van der Waals surface area contributed by atoms with Crippen molar-refractivity contribution < 1.29 is 23.1 Å². The minimum Gasteiger partial charge on any atom is -0.507 e. The Morgan fingerprint density at radius 3 is 2.02 bits per heavy atom. The smallest absolute Gasteiger partial charge is 0.339 e. The number of hydrogen-bond donors (Lipinski definition) is 1. The highest BCUT2D eigenvalue weighted by atomic mass is 32.2. The Kier molecular flexibility index (Phi) is 8.25. The van der Waals surface area contributed by atoms with Crippen LogP contribution in [0.2, 0.25) is 0 Å². The van der Waals surface area contributed by atoms with Gasteiger partial charge < -0.3 is 9.84 Å². The molecule has 0 saturated carbocycles. The zero-order valence-electron chi connectivity index (χ0n) is 26.1. The number of sulfone groups is 1. The van der Waals surface area contributed by atoms with Gasteiger partial charge in [-0.25, -0.2) is 23.2 Å². The molecule has 0 amide bonds. The number of aromatic nitrogens is 2. The third-order valence-electron chi connectivity index (χ3n) is 8.40. The van der Waals surface area contributed by atoms with E-state index < -0.39 is 32.7 Å². The van der Waals surface area contributed by atoms with Gasteiger partial charge in [0.05, 0.1) is 16.8 Å². The molecule has 1 atom stereocenters. The first kappa shape index (κ1) is 31.2. The quantitative estimate of drug-likeness (QED) is 0.134. The maximum atomic E-state index is 13.9. The largest absolute Gasteiger partial charge is 0.507 e. The van der Waals surface area contributed by atoms with Crippen molar-refractivity contribution in [3.05, 3.63) is 149 Å². The first-order valence-corrected chi connectivity index (χ1v) is 16.9. The molecule has 0 aliphatic carbocycles. The summed E-state index contributed by atoms with van der Waals surface area (Å²) in [6.45, 7) is 5.98. The molecule has 2 heterocycles. The molecular formula is C38H36N2O5S. The monoisotopic (exact) mass is 632 g/mol. The lowest BCUT2D eigenvalue weighted by Gasteiger charge is -2.32. The van der Waals surface area contributed by atoms with E-state index in [9.17, 15) is 18.3 Å². The first-order chi connectivity index (χ1) is 22.0.